The smallest absolute Gasteiger partial charge is 0.0779 e. The number of nitrogens with zero attached hydrogens (tertiary/aromatic N) is 2. The molecular weight excluding hydrogens is 214 g/mol. The van der Waals surface area contributed by atoms with E-state index in [1.807, 2.05) is 11.7 Å². The minimum absolute atomic E-state index is 0.0423. The van der Waals surface area contributed by atoms with Crippen molar-refractivity contribution in [3.8, 4) is 0 Å². The Bertz CT molecular complexity index is 384. The number of aryl methyl sites for hydroxylation is 1. The molecule has 1 aromatic rings. The molecule has 1 saturated heterocycles. The van der Waals surface area contributed by atoms with Gasteiger partial charge in [0.1, 0.15) is 0 Å². The summed E-state index contributed by atoms with van der Waals surface area (Å²) < 4.78 is 8.01. The van der Waals surface area contributed by atoms with Crippen LogP contribution in [0.1, 0.15) is 37.9 Å². The van der Waals surface area contributed by atoms with Gasteiger partial charge in [-0.1, -0.05) is 0 Å². The van der Waals surface area contributed by atoms with Crippen LogP contribution >= 0.6 is 0 Å². The first kappa shape index (κ1) is 12.6. The van der Waals surface area contributed by atoms with Gasteiger partial charge in [0, 0.05) is 18.3 Å². The molecule has 96 valence electrons. The zero-order valence-electron chi connectivity index (χ0n) is 11.3. The van der Waals surface area contributed by atoms with E-state index in [2.05, 4.69) is 37.4 Å². The van der Waals surface area contributed by atoms with Gasteiger partial charge in [0.25, 0.3) is 0 Å². The second kappa shape index (κ2) is 4.78. The van der Waals surface area contributed by atoms with Crippen molar-refractivity contribution in [1.82, 2.24) is 15.1 Å². The highest BCUT2D eigenvalue weighted by atomic mass is 16.5. The largest absolute Gasteiger partial charge is 0.370 e. The molecule has 4 heteroatoms. The van der Waals surface area contributed by atoms with E-state index in [1.165, 1.54) is 5.56 Å². The van der Waals surface area contributed by atoms with E-state index in [0.717, 1.165) is 31.6 Å². The minimum atomic E-state index is 0.0423. The maximum absolute atomic E-state index is 5.99. The van der Waals surface area contributed by atoms with Gasteiger partial charge in [-0.2, -0.15) is 5.10 Å². The quantitative estimate of drug-likeness (QED) is 0.869. The SMILES string of the molecule is CNCc1cn(CC2CCC(C)(C)O2)nc1C. The van der Waals surface area contributed by atoms with E-state index in [0.29, 0.717) is 6.10 Å². The molecule has 1 fully saturated rings. The van der Waals surface area contributed by atoms with Crippen LogP contribution in [0.4, 0.5) is 0 Å². The van der Waals surface area contributed by atoms with Gasteiger partial charge in [0.2, 0.25) is 0 Å². The molecule has 0 bridgehead atoms. The zero-order chi connectivity index (χ0) is 12.5. The van der Waals surface area contributed by atoms with Crippen LogP contribution < -0.4 is 5.32 Å². The summed E-state index contributed by atoms with van der Waals surface area (Å²) in [6.45, 7) is 8.13. The lowest BCUT2D eigenvalue weighted by Gasteiger charge is -2.19. The topological polar surface area (TPSA) is 39.1 Å². The first-order chi connectivity index (χ1) is 8.00. The molecule has 1 aliphatic rings. The number of rotatable bonds is 4. The Kier molecular flexibility index (Phi) is 3.54. The Labute approximate surface area is 103 Å². The lowest BCUT2D eigenvalue weighted by molar-refractivity contribution is -0.0230. The summed E-state index contributed by atoms with van der Waals surface area (Å²) in [5.74, 6) is 0. The van der Waals surface area contributed by atoms with Gasteiger partial charge in [-0.05, 0) is 40.7 Å². The van der Waals surface area contributed by atoms with E-state index in [-0.39, 0.29) is 5.60 Å². The maximum Gasteiger partial charge on any atom is 0.0779 e. The first-order valence-corrected chi connectivity index (χ1v) is 6.35. The molecule has 2 rings (SSSR count). The molecule has 4 nitrogen and oxygen atoms in total. The first-order valence-electron chi connectivity index (χ1n) is 6.35. The monoisotopic (exact) mass is 237 g/mol. The molecule has 1 unspecified atom stereocenters. The third-order valence-electron chi connectivity index (χ3n) is 3.36. The van der Waals surface area contributed by atoms with Gasteiger partial charge >= 0.3 is 0 Å². The van der Waals surface area contributed by atoms with Crippen molar-refractivity contribution in [2.75, 3.05) is 7.05 Å². The van der Waals surface area contributed by atoms with E-state index < -0.39 is 0 Å². The molecule has 0 aromatic carbocycles. The summed E-state index contributed by atoms with van der Waals surface area (Å²) in [6, 6.07) is 0. The van der Waals surface area contributed by atoms with Crippen molar-refractivity contribution in [2.45, 2.75) is 58.4 Å². The zero-order valence-corrected chi connectivity index (χ0v) is 11.3. The Balaban J connectivity index is 1.97. The van der Waals surface area contributed by atoms with Crippen LogP contribution in [0.3, 0.4) is 0 Å². The van der Waals surface area contributed by atoms with Gasteiger partial charge in [0.05, 0.1) is 23.9 Å². The minimum Gasteiger partial charge on any atom is -0.370 e. The highest BCUT2D eigenvalue weighted by molar-refractivity contribution is 5.15. The van der Waals surface area contributed by atoms with Crippen molar-refractivity contribution in [3.63, 3.8) is 0 Å². The van der Waals surface area contributed by atoms with Gasteiger partial charge in [-0.3, -0.25) is 4.68 Å². The maximum atomic E-state index is 5.99. The fourth-order valence-corrected chi connectivity index (χ4v) is 2.43. The number of nitrogens with one attached hydrogen (secondary N) is 1. The van der Waals surface area contributed by atoms with Crippen LogP contribution in [0.2, 0.25) is 0 Å². The van der Waals surface area contributed by atoms with Crippen LogP contribution in [0.5, 0.6) is 0 Å². The van der Waals surface area contributed by atoms with Crippen LogP contribution in [-0.4, -0.2) is 28.5 Å². The van der Waals surface area contributed by atoms with Gasteiger partial charge in [0.15, 0.2) is 0 Å². The summed E-state index contributed by atoms with van der Waals surface area (Å²) in [4.78, 5) is 0. The van der Waals surface area contributed by atoms with Crippen molar-refractivity contribution < 1.29 is 4.74 Å². The number of ether oxygens (including phenoxy) is 1. The lowest BCUT2D eigenvalue weighted by atomic mass is 10.1. The lowest BCUT2D eigenvalue weighted by Crippen LogP contribution is -2.23. The fourth-order valence-electron chi connectivity index (χ4n) is 2.43. The number of hydrogen-bond acceptors (Lipinski definition) is 3. The van der Waals surface area contributed by atoms with Crippen LogP contribution in [0, 0.1) is 6.92 Å². The van der Waals surface area contributed by atoms with Gasteiger partial charge in [-0.15, -0.1) is 0 Å². The summed E-state index contributed by atoms with van der Waals surface area (Å²) >= 11 is 0. The highest BCUT2D eigenvalue weighted by Gasteiger charge is 2.31. The van der Waals surface area contributed by atoms with Crippen LogP contribution in [-0.2, 0) is 17.8 Å². The molecule has 1 aromatic heterocycles. The Morgan fingerprint density at radius 1 is 1.59 bits per heavy atom. The average molecular weight is 237 g/mol. The third-order valence-corrected chi connectivity index (χ3v) is 3.36. The Morgan fingerprint density at radius 3 is 2.94 bits per heavy atom. The van der Waals surface area contributed by atoms with E-state index >= 15 is 0 Å². The Morgan fingerprint density at radius 2 is 2.35 bits per heavy atom. The standard InChI is InChI=1S/C13H23N3O/c1-10-11(7-14-4)8-16(15-10)9-12-5-6-13(2,3)17-12/h8,12,14H,5-7,9H2,1-4H3. The predicted molar refractivity (Wildman–Crippen MR) is 67.9 cm³/mol. The molecular formula is C13H23N3O. The summed E-state index contributed by atoms with van der Waals surface area (Å²) in [5, 5.41) is 7.70. The number of aromatic nitrogens is 2. The third kappa shape index (κ3) is 3.07. The molecule has 0 amide bonds. The molecule has 1 atom stereocenters. The van der Waals surface area contributed by atoms with E-state index in [4.69, 9.17) is 4.74 Å². The molecule has 0 spiro atoms. The van der Waals surface area contributed by atoms with Crippen LogP contribution in [0.25, 0.3) is 0 Å². The van der Waals surface area contributed by atoms with Crippen LogP contribution in [0.15, 0.2) is 6.20 Å². The van der Waals surface area contributed by atoms with Crippen molar-refractivity contribution >= 4 is 0 Å². The summed E-state index contributed by atoms with van der Waals surface area (Å²) in [5.41, 5.74) is 2.42. The second-order valence-corrected chi connectivity index (χ2v) is 5.53. The van der Waals surface area contributed by atoms with Gasteiger partial charge < -0.3 is 10.1 Å². The fraction of sp³-hybridized carbons (Fsp3) is 0.769. The van der Waals surface area contributed by atoms with Gasteiger partial charge in [-0.25, -0.2) is 0 Å². The van der Waals surface area contributed by atoms with E-state index in [9.17, 15) is 0 Å². The van der Waals surface area contributed by atoms with Crippen molar-refractivity contribution in [2.24, 2.45) is 0 Å². The number of hydrogen-bond donors (Lipinski definition) is 1. The molecule has 2 heterocycles. The normalized spacial score (nSPS) is 23.2. The van der Waals surface area contributed by atoms with Crippen molar-refractivity contribution in [3.05, 3.63) is 17.5 Å². The summed E-state index contributed by atoms with van der Waals surface area (Å²) in [6.07, 6.45) is 4.71. The molecule has 17 heavy (non-hydrogen) atoms. The predicted octanol–water partition coefficient (Wildman–Crippen LogP) is 1.87. The molecule has 0 radical (unpaired) electrons. The molecule has 0 saturated carbocycles. The molecule has 0 aliphatic carbocycles. The average Bonchev–Trinajstić information content (AvgIpc) is 2.72. The molecule has 1 N–H and O–H groups in total. The summed E-state index contributed by atoms with van der Waals surface area (Å²) in [7, 11) is 1.96. The highest BCUT2D eigenvalue weighted by Crippen LogP contribution is 2.30. The van der Waals surface area contributed by atoms with Crippen molar-refractivity contribution in [1.29, 1.82) is 0 Å². The molecule has 1 aliphatic heterocycles. The second-order valence-electron chi connectivity index (χ2n) is 5.53. The van der Waals surface area contributed by atoms with E-state index in [1.54, 1.807) is 0 Å². The Hall–Kier alpha value is -0.870.